The van der Waals surface area contributed by atoms with Crippen molar-refractivity contribution in [3.8, 4) is 11.5 Å². The van der Waals surface area contributed by atoms with Crippen LogP contribution in [-0.4, -0.2) is 115 Å². The number of benzene rings is 11. The molecule has 13 rings (SSSR count). The molecule has 11 aromatic carbocycles. The van der Waals surface area contributed by atoms with Crippen molar-refractivity contribution in [3.63, 3.8) is 0 Å². The summed E-state index contributed by atoms with van der Waals surface area (Å²) in [6, 6.07) is 85.4. The third kappa shape index (κ3) is 30.3. The minimum Gasteiger partial charge on any atom is -0.508 e. The number of carbonyl (C=O) groups is 11. The number of phenols is 2. The molecule has 2 aromatic heterocycles. The molecule has 2 heterocycles. The van der Waals surface area contributed by atoms with Crippen LogP contribution in [0.25, 0.3) is 32.6 Å². The molecule has 0 aliphatic heterocycles. The van der Waals surface area contributed by atoms with Crippen LogP contribution in [0.15, 0.2) is 307 Å². The number of nitrogens with two attached hydrogens (primary N) is 1. The number of aromatic nitrogens is 2. The number of hydrogen-bond donors (Lipinski definition) is 10. The molecule has 23 nitrogen and oxygen atoms in total. The molecule has 0 bridgehead atoms. The standard InChI is InChI=1S/C21H19NO3.2C20H18N2O3.C20H22N2O3.C19H21NO3/c1-14(23)20(11-15-5-3-2-4-6-15)22-21(25)18-8-7-17-13-19(24)10-9-16(17)12-18;2*1-13(23)17(11-14-5-3-2-4-6-14)22-20(25)16-8-7-15-9-10-19(24)21-18(15)12-16;1-14(23)18(13-16-5-3-2-4-6-16)22-20(25)17-10-7-15(8-11-17)9-12-19(21)24;1-14(21)18(13-16-5-3-2-4-6-16)20-19(23)12-9-15-7-10-17(22)11-8-15/h2-10,12-13,20,24H,11H2,1H3,(H,22,25);2*2-10,12,17H,11H2,1H3,(H,21,24)(H,22,25);2-8,10-11,18H,9,12-13H2,1H3,(H2,21,24)(H,22,25);2-8,10-11,18,22H,9,12-13H2,1H3,(H,20,23). The van der Waals surface area contributed by atoms with Crippen LogP contribution in [0.2, 0.25) is 0 Å². The number of amides is 6. The fraction of sp³-hybridized carbons (Fsp3) is 0.190. The van der Waals surface area contributed by atoms with Gasteiger partial charge in [0.05, 0.1) is 30.2 Å². The van der Waals surface area contributed by atoms with Crippen LogP contribution in [0.5, 0.6) is 11.5 Å². The van der Waals surface area contributed by atoms with Gasteiger partial charge in [0.15, 0.2) is 28.9 Å². The fourth-order valence-electron chi connectivity index (χ4n) is 12.9. The Kier molecular flexibility index (Phi) is 34.5. The minimum atomic E-state index is -0.597. The van der Waals surface area contributed by atoms with Crippen LogP contribution < -0.4 is 43.4 Å². The number of pyridine rings is 2. The summed E-state index contributed by atoms with van der Waals surface area (Å²) in [5.41, 5.74) is 14.5. The van der Waals surface area contributed by atoms with Gasteiger partial charge in [-0.2, -0.15) is 0 Å². The number of aromatic hydroxyl groups is 2. The van der Waals surface area contributed by atoms with Crippen molar-refractivity contribution in [2.75, 3.05) is 0 Å². The van der Waals surface area contributed by atoms with E-state index in [-0.39, 0.29) is 93.4 Å². The van der Waals surface area contributed by atoms with E-state index < -0.39 is 30.2 Å². The summed E-state index contributed by atoms with van der Waals surface area (Å²) in [6.07, 6.45) is 3.99. The highest BCUT2D eigenvalue weighted by Gasteiger charge is 2.24. The molecule has 0 spiro atoms. The van der Waals surface area contributed by atoms with Gasteiger partial charge in [0.2, 0.25) is 22.9 Å². The molecule has 0 radical (unpaired) electrons. The molecule has 5 unspecified atom stereocenters. The Bertz CT molecular complexity index is 5790. The Hall–Kier alpha value is -15.1. The van der Waals surface area contributed by atoms with Crippen LogP contribution in [-0.2, 0) is 78.5 Å². The van der Waals surface area contributed by atoms with Crippen molar-refractivity contribution in [1.29, 1.82) is 0 Å². The highest BCUT2D eigenvalue weighted by atomic mass is 16.3. The van der Waals surface area contributed by atoms with Crippen molar-refractivity contribution in [1.82, 2.24) is 36.6 Å². The summed E-state index contributed by atoms with van der Waals surface area (Å²) in [5.74, 6) is -1.81. The van der Waals surface area contributed by atoms with Crippen LogP contribution >= 0.6 is 0 Å². The number of aryl methyl sites for hydroxylation is 2. The van der Waals surface area contributed by atoms with Crippen molar-refractivity contribution in [2.24, 2.45) is 5.73 Å². The SMILES string of the molecule is CC(=O)C(Cc1ccccc1)NC(=O)CCc1ccc(O)cc1.CC(=O)C(Cc1ccccc1)NC(=O)c1ccc(CCC(N)=O)cc1.CC(=O)C(Cc1ccccc1)NC(=O)c1ccc2cc(O)ccc2c1.CC(=O)C(Cc1ccccc1)NC(=O)c1ccc2ccc(=O)[nH]c2c1.CC(=O)C(Cc1ccccc1)NC(=O)c1ccc2ccc(=O)[nH]c2c1. The molecular weight excluding hydrogens is 1550 g/mol. The zero-order valence-corrected chi connectivity index (χ0v) is 68.8. The molecule has 13 aromatic rings. The van der Waals surface area contributed by atoms with E-state index >= 15 is 0 Å². The Morgan fingerprint density at radius 1 is 0.285 bits per heavy atom. The highest BCUT2D eigenvalue weighted by Crippen LogP contribution is 2.23. The molecule has 0 saturated carbocycles. The topological polar surface area (TPSA) is 380 Å². The van der Waals surface area contributed by atoms with E-state index in [0.29, 0.717) is 84.7 Å². The zero-order chi connectivity index (χ0) is 88.3. The van der Waals surface area contributed by atoms with Gasteiger partial charge in [-0.15, -0.1) is 0 Å². The molecule has 123 heavy (non-hydrogen) atoms. The lowest BCUT2D eigenvalue weighted by atomic mass is 10.0. The predicted octanol–water partition coefficient (Wildman–Crippen LogP) is 13.1. The van der Waals surface area contributed by atoms with E-state index in [2.05, 4.69) is 36.6 Å². The number of ketones is 5. The highest BCUT2D eigenvalue weighted by molar-refractivity contribution is 6.03. The second kappa shape index (κ2) is 46.3. The smallest absolute Gasteiger partial charge is 0.251 e. The maximum absolute atomic E-state index is 12.5. The fourth-order valence-corrected chi connectivity index (χ4v) is 12.9. The third-order valence-corrected chi connectivity index (χ3v) is 19.9. The molecule has 0 aliphatic rings. The molecule has 6 amide bonds. The van der Waals surface area contributed by atoms with Crippen LogP contribution in [0, 0.1) is 0 Å². The van der Waals surface area contributed by atoms with Crippen LogP contribution in [0.4, 0.5) is 0 Å². The second-order valence-corrected chi connectivity index (χ2v) is 29.6. The Morgan fingerprint density at radius 3 is 0.894 bits per heavy atom. The maximum Gasteiger partial charge on any atom is 0.251 e. The predicted molar refractivity (Wildman–Crippen MR) is 476 cm³/mol. The van der Waals surface area contributed by atoms with Gasteiger partial charge in [-0.05, 0) is 225 Å². The number of fused-ring (bicyclic) bond motifs is 3. The minimum absolute atomic E-state index is 0.0492. The van der Waals surface area contributed by atoms with Crippen molar-refractivity contribution >= 4 is 96.9 Å². The van der Waals surface area contributed by atoms with Gasteiger partial charge in [0, 0.05) is 58.3 Å². The number of primary amides is 1. The molecule has 11 N–H and O–H groups in total. The van der Waals surface area contributed by atoms with E-state index in [1.54, 1.807) is 133 Å². The van der Waals surface area contributed by atoms with Gasteiger partial charge in [-0.1, -0.05) is 200 Å². The number of aromatic amines is 2. The summed E-state index contributed by atoms with van der Waals surface area (Å²) < 4.78 is 0. The number of Topliss-reactive ketones (excluding diaryl/α,β-unsaturated/α-hetero) is 5. The molecule has 0 aliphatic carbocycles. The van der Waals surface area contributed by atoms with E-state index in [0.717, 1.165) is 60.5 Å². The van der Waals surface area contributed by atoms with E-state index in [1.165, 1.54) is 46.8 Å². The Labute approximate surface area is 711 Å². The average Bonchev–Trinajstić information content (AvgIpc) is 0.826. The lowest BCUT2D eigenvalue weighted by molar-refractivity contribution is -0.126. The second-order valence-electron chi connectivity index (χ2n) is 29.6. The first-order chi connectivity index (χ1) is 59.1. The first-order valence-corrected chi connectivity index (χ1v) is 40.0. The molecule has 23 heteroatoms. The van der Waals surface area contributed by atoms with Crippen LogP contribution in [0.1, 0.15) is 128 Å². The number of nitrogens with one attached hydrogen (secondary N) is 7. The lowest BCUT2D eigenvalue weighted by Crippen LogP contribution is -2.41. The molecule has 5 atom stereocenters. The number of hydrogen-bond acceptors (Lipinski definition) is 15. The largest absolute Gasteiger partial charge is 0.508 e. The molecule has 0 saturated heterocycles. The van der Waals surface area contributed by atoms with Gasteiger partial charge >= 0.3 is 0 Å². The van der Waals surface area contributed by atoms with Crippen molar-refractivity contribution < 1.29 is 63.0 Å². The van der Waals surface area contributed by atoms with E-state index in [9.17, 15) is 72.5 Å². The maximum atomic E-state index is 12.5. The first kappa shape index (κ1) is 91.8. The number of rotatable bonds is 30. The summed E-state index contributed by atoms with van der Waals surface area (Å²) in [6.45, 7) is 7.38. The molecule has 628 valence electrons. The molecular formula is C100H98N8O15. The quantitative estimate of drug-likeness (QED) is 0.0200. The lowest BCUT2D eigenvalue weighted by Gasteiger charge is -2.16. The Morgan fingerprint density at radius 2 is 0.553 bits per heavy atom. The summed E-state index contributed by atoms with van der Waals surface area (Å²) >= 11 is 0. The first-order valence-electron chi connectivity index (χ1n) is 40.0. The van der Waals surface area contributed by atoms with Gasteiger partial charge in [-0.25, -0.2) is 0 Å². The van der Waals surface area contributed by atoms with Gasteiger partial charge in [0.1, 0.15) is 11.5 Å². The average molecular weight is 1650 g/mol. The third-order valence-electron chi connectivity index (χ3n) is 19.9. The van der Waals surface area contributed by atoms with Crippen LogP contribution in [0.3, 0.4) is 0 Å². The zero-order valence-electron chi connectivity index (χ0n) is 68.8. The van der Waals surface area contributed by atoms with E-state index in [4.69, 9.17) is 5.73 Å². The summed E-state index contributed by atoms with van der Waals surface area (Å²) in [7, 11) is 0. The number of H-pyrrole nitrogens is 2. The monoisotopic (exact) mass is 1650 g/mol. The summed E-state index contributed by atoms with van der Waals surface area (Å²) in [5, 5.41) is 36.1. The van der Waals surface area contributed by atoms with Crippen molar-refractivity contribution in [2.45, 2.75) is 123 Å². The van der Waals surface area contributed by atoms with Crippen molar-refractivity contribution in [3.05, 3.63) is 379 Å². The Balaban J connectivity index is 0.000000174. The van der Waals surface area contributed by atoms with E-state index in [1.807, 2.05) is 152 Å². The molecule has 0 fully saturated rings. The van der Waals surface area contributed by atoms with Gasteiger partial charge < -0.3 is 52.5 Å². The number of phenolic OH excluding ortho intramolecular Hbond substituents is 2. The normalized spacial score (nSPS) is 11.8. The van der Waals surface area contributed by atoms with Gasteiger partial charge in [-0.3, -0.25) is 62.3 Å². The summed E-state index contributed by atoms with van der Waals surface area (Å²) in [4.78, 5) is 160. The number of carbonyl (C=O) groups excluding carboxylic acids is 11. The van der Waals surface area contributed by atoms with Gasteiger partial charge in [0.25, 0.3) is 23.6 Å².